The Labute approximate surface area is 138 Å². The maximum absolute atomic E-state index is 6.09. The van der Waals surface area contributed by atoms with E-state index in [0.29, 0.717) is 11.7 Å². The van der Waals surface area contributed by atoms with Crippen LogP contribution in [0.1, 0.15) is 25.7 Å². The average molecular weight is 339 g/mol. The number of hydrogen-bond donors (Lipinski definition) is 2. The summed E-state index contributed by atoms with van der Waals surface area (Å²) in [6, 6.07) is 0.438. The van der Waals surface area contributed by atoms with E-state index in [2.05, 4.69) is 30.5 Å². The fourth-order valence-electron chi connectivity index (χ4n) is 3.09. The Morgan fingerprint density at radius 1 is 1.14 bits per heavy atom. The molecule has 22 heavy (non-hydrogen) atoms. The summed E-state index contributed by atoms with van der Waals surface area (Å²) >= 11 is 7.76. The molecule has 118 valence electrons. The van der Waals surface area contributed by atoms with Gasteiger partial charge in [-0.15, -0.1) is 0 Å². The van der Waals surface area contributed by atoms with E-state index in [-0.39, 0.29) is 5.28 Å². The molecule has 2 aromatic heterocycles. The number of aromatic nitrogens is 3. The van der Waals surface area contributed by atoms with Crippen LogP contribution in [0.3, 0.4) is 0 Å². The van der Waals surface area contributed by atoms with Crippen molar-refractivity contribution in [3.63, 3.8) is 0 Å². The Morgan fingerprint density at radius 3 is 2.68 bits per heavy atom. The van der Waals surface area contributed by atoms with Crippen molar-refractivity contribution in [2.75, 3.05) is 36.4 Å². The number of rotatable bonds is 3. The van der Waals surface area contributed by atoms with E-state index in [0.717, 1.165) is 54.7 Å². The Bertz CT molecular complexity index is 663. The number of anilines is 2. The summed E-state index contributed by atoms with van der Waals surface area (Å²) < 4.78 is 1.02. The summed E-state index contributed by atoms with van der Waals surface area (Å²) in [5, 5.41) is 8.23. The molecule has 2 N–H and O–H groups in total. The van der Waals surface area contributed by atoms with E-state index < -0.39 is 0 Å². The molecule has 2 aliphatic rings. The molecule has 4 heterocycles. The van der Waals surface area contributed by atoms with E-state index in [4.69, 9.17) is 11.6 Å². The quantitative estimate of drug-likeness (QED) is 0.838. The number of piperidine rings is 1. The van der Waals surface area contributed by atoms with E-state index in [1.807, 2.05) is 0 Å². The standard InChI is InChI=1S/C14H19ClN6S/c15-13-18-11(17-9-3-5-16-6-4-9)10-12(19-13)20-14(22-10)21-7-1-2-8-21/h9,16H,1-8H2,(H,17,18,19). The van der Waals surface area contributed by atoms with Gasteiger partial charge in [0.1, 0.15) is 4.70 Å². The fraction of sp³-hybridized carbons (Fsp3) is 0.643. The predicted octanol–water partition coefficient (Wildman–Crippen LogP) is 2.50. The lowest BCUT2D eigenvalue weighted by Crippen LogP contribution is -2.35. The smallest absolute Gasteiger partial charge is 0.226 e. The van der Waals surface area contributed by atoms with Crippen molar-refractivity contribution >= 4 is 44.2 Å². The number of nitrogens with one attached hydrogen (secondary N) is 2. The van der Waals surface area contributed by atoms with Gasteiger partial charge in [-0.3, -0.25) is 0 Å². The van der Waals surface area contributed by atoms with Crippen LogP contribution in [-0.2, 0) is 0 Å². The minimum atomic E-state index is 0.266. The summed E-state index contributed by atoms with van der Waals surface area (Å²) in [7, 11) is 0. The molecule has 2 fully saturated rings. The van der Waals surface area contributed by atoms with Gasteiger partial charge in [0.15, 0.2) is 16.6 Å². The minimum absolute atomic E-state index is 0.266. The average Bonchev–Trinajstić information content (AvgIpc) is 3.16. The molecule has 0 aromatic carbocycles. The Balaban J connectivity index is 1.66. The molecule has 0 unspecified atom stereocenters. The molecule has 2 aliphatic heterocycles. The van der Waals surface area contributed by atoms with Crippen molar-refractivity contribution < 1.29 is 0 Å². The molecule has 0 saturated carbocycles. The summed E-state index contributed by atoms with van der Waals surface area (Å²) in [6.45, 7) is 4.25. The highest BCUT2D eigenvalue weighted by molar-refractivity contribution is 7.22. The number of nitrogens with zero attached hydrogens (tertiary/aromatic N) is 4. The first-order chi connectivity index (χ1) is 10.8. The molecule has 2 aromatic rings. The number of halogens is 1. The van der Waals surface area contributed by atoms with Gasteiger partial charge in [0.25, 0.3) is 0 Å². The maximum Gasteiger partial charge on any atom is 0.226 e. The zero-order valence-electron chi connectivity index (χ0n) is 12.3. The molecule has 0 amide bonds. The van der Waals surface area contributed by atoms with Crippen molar-refractivity contribution in [2.24, 2.45) is 0 Å². The summed E-state index contributed by atoms with van der Waals surface area (Å²) in [5.74, 6) is 0.838. The van der Waals surface area contributed by atoms with Crippen LogP contribution in [0.15, 0.2) is 0 Å². The normalized spacial score (nSPS) is 20.0. The lowest BCUT2D eigenvalue weighted by atomic mass is 10.1. The molecule has 0 atom stereocenters. The zero-order valence-corrected chi connectivity index (χ0v) is 13.9. The predicted molar refractivity (Wildman–Crippen MR) is 91.2 cm³/mol. The first-order valence-corrected chi connectivity index (χ1v) is 9.05. The third-order valence-electron chi connectivity index (χ3n) is 4.27. The van der Waals surface area contributed by atoms with Gasteiger partial charge in [-0.05, 0) is 50.4 Å². The maximum atomic E-state index is 6.09. The molecule has 0 bridgehead atoms. The highest BCUT2D eigenvalue weighted by atomic mass is 35.5. The Morgan fingerprint density at radius 2 is 1.91 bits per heavy atom. The van der Waals surface area contributed by atoms with E-state index in [1.165, 1.54) is 12.8 Å². The highest BCUT2D eigenvalue weighted by Gasteiger charge is 2.21. The third kappa shape index (κ3) is 2.85. The SMILES string of the molecule is Clc1nc(NC2CCNCC2)c2sc(N3CCCC3)nc2n1. The minimum Gasteiger partial charge on any atom is -0.366 e. The van der Waals surface area contributed by atoms with Crippen LogP contribution in [0.4, 0.5) is 10.9 Å². The first kappa shape index (κ1) is 14.4. The van der Waals surface area contributed by atoms with Crippen LogP contribution in [0.25, 0.3) is 10.3 Å². The van der Waals surface area contributed by atoms with Crippen LogP contribution in [-0.4, -0.2) is 47.2 Å². The second-order valence-electron chi connectivity index (χ2n) is 5.85. The zero-order chi connectivity index (χ0) is 14.9. The van der Waals surface area contributed by atoms with Gasteiger partial charge in [0.2, 0.25) is 5.28 Å². The van der Waals surface area contributed by atoms with Gasteiger partial charge in [-0.1, -0.05) is 11.3 Å². The topological polar surface area (TPSA) is 66.0 Å². The van der Waals surface area contributed by atoms with E-state index >= 15 is 0 Å². The second-order valence-corrected chi connectivity index (χ2v) is 7.17. The van der Waals surface area contributed by atoms with E-state index in [9.17, 15) is 0 Å². The second kappa shape index (κ2) is 6.14. The van der Waals surface area contributed by atoms with Crippen LogP contribution >= 0.6 is 22.9 Å². The summed E-state index contributed by atoms with van der Waals surface area (Å²) in [6.07, 6.45) is 4.67. The van der Waals surface area contributed by atoms with Crippen molar-refractivity contribution in [2.45, 2.75) is 31.7 Å². The molecule has 8 heteroatoms. The van der Waals surface area contributed by atoms with Gasteiger partial charge < -0.3 is 15.5 Å². The fourth-order valence-corrected chi connectivity index (χ4v) is 4.26. The number of thiazole rings is 1. The molecule has 0 spiro atoms. The lowest BCUT2D eigenvalue weighted by Gasteiger charge is -2.24. The highest BCUT2D eigenvalue weighted by Crippen LogP contribution is 2.34. The molecule has 0 aliphatic carbocycles. The lowest BCUT2D eigenvalue weighted by molar-refractivity contribution is 0.478. The van der Waals surface area contributed by atoms with Crippen molar-refractivity contribution in [3.8, 4) is 0 Å². The van der Waals surface area contributed by atoms with E-state index in [1.54, 1.807) is 11.3 Å². The van der Waals surface area contributed by atoms with Crippen molar-refractivity contribution in [1.82, 2.24) is 20.3 Å². The van der Waals surface area contributed by atoms with Gasteiger partial charge >= 0.3 is 0 Å². The van der Waals surface area contributed by atoms with Gasteiger partial charge in [-0.2, -0.15) is 15.0 Å². The van der Waals surface area contributed by atoms with Crippen LogP contribution in [0.5, 0.6) is 0 Å². The third-order valence-corrected chi connectivity index (χ3v) is 5.55. The Kier molecular flexibility index (Phi) is 4.02. The van der Waals surface area contributed by atoms with Crippen LogP contribution in [0.2, 0.25) is 5.28 Å². The van der Waals surface area contributed by atoms with Gasteiger partial charge in [0, 0.05) is 19.1 Å². The van der Waals surface area contributed by atoms with Crippen molar-refractivity contribution in [3.05, 3.63) is 5.28 Å². The van der Waals surface area contributed by atoms with Crippen LogP contribution < -0.4 is 15.5 Å². The molecule has 4 rings (SSSR count). The molecular formula is C14H19ClN6S. The van der Waals surface area contributed by atoms with Gasteiger partial charge in [-0.25, -0.2) is 0 Å². The van der Waals surface area contributed by atoms with Crippen molar-refractivity contribution in [1.29, 1.82) is 0 Å². The monoisotopic (exact) mass is 338 g/mol. The molecule has 0 radical (unpaired) electrons. The largest absolute Gasteiger partial charge is 0.366 e. The Hall–Kier alpha value is -1.18. The summed E-state index contributed by atoms with van der Waals surface area (Å²) in [5.41, 5.74) is 0.711. The number of fused-ring (bicyclic) bond motifs is 1. The van der Waals surface area contributed by atoms with Gasteiger partial charge in [0.05, 0.1) is 0 Å². The molecule has 2 saturated heterocycles. The first-order valence-electron chi connectivity index (χ1n) is 7.86. The summed E-state index contributed by atoms with van der Waals surface area (Å²) in [4.78, 5) is 15.7. The molecular weight excluding hydrogens is 320 g/mol. The molecule has 6 nitrogen and oxygen atoms in total. The number of hydrogen-bond acceptors (Lipinski definition) is 7. The van der Waals surface area contributed by atoms with Crippen LogP contribution in [0, 0.1) is 0 Å².